The molecule has 4 heteroatoms. The number of aryl methyl sites for hydroxylation is 2. The maximum Gasteiger partial charge on any atom is 0.208 e. The summed E-state index contributed by atoms with van der Waals surface area (Å²) in [6.07, 6.45) is 5.62. The molecule has 1 aliphatic rings. The zero-order valence-electron chi connectivity index (χ0n) is 10.8. The van der Waals surface area contributed by atoms with Gasteiger partial charge in [0, 0.05) is 6.54 Å². The molecular formula is C13H22N2O2. The quantitative estimate of drug-likeness (QED) is 0.773. The Morgan fingerprint density at radius 3 is 2.76 bits per heavy atom. The second-order valence-corrected chi connectivity index (χ2v) is 4.70. The third-order valence-corrected chi connectivity index (χ3v) is 3.28. The molecule has 4 nitrogen and oxygen atoms in total. The number of aromatic nitrogens is 1. The lowest BCUT2D eigenvalue weighted by Crippen LogP contribution is -2.22. The molecule has 0 atom stereocenters. The summed E-state index contributed by atoms with van der Waals surface area (Å²) >= 11 is 0. The van der Waals surface area contributed by atoms with E-state index in [1.807, 2.05) is 13.8 Å². The van der Waals surface area contributed by atoms with Crippen LogP contribution in [-0.4, -0.2) is 24.2 Å². The van der Waals surface area contributed by atoms with Gasteiger partial charge in [-0.3, -0.25) is 0 Å². The molecule has 2 rings (SSSR count). The first-order valence-corrected chi connectivity index (χ1v) is 6.51. The first-order valence-electron chi connectivity index (χ1n) is 6.51. The Bertz CT molecular complexity index is 324. The molecule has 1 aromatic rings. The lowest BCUT2D eigenvalue weighted by Gasteiger charge is -2.10. The van der Waals surface area contributed by atoms with Crippen LogP contribution in [0.1, 0.15) is 43.0 Å². The molecular weight excluding hydrogens is 216 g/mol. The molecule has 0 radical (unpaired) electrons. The third-order valence-electron chi connectivity index (χ3n) is 3.28. The van der Waals surface area contributed by atoms with Gasteiger partial charge in [-0.05, 0) is 26.7 Å². The van der Waals surface area contributed by atoms with Crippen molar-refractivity contribution in [3.05, 3.63) is 17.3 Å². The van der Waals surface area contributed by atoms with Gasteiger partial charge in [-0.25, -0.2) is 4.98 Å². The van der Waals surface area contributed by atoms with E-state index in [0.717, 1.165) is 30.5 Å². The highest BCUT2D eigenvalue weighted by Gasteiger charge is 2.14. The van der Waals surface area contributed by atoms with Gasteiger partial charge in [-0.15, -0.1) is 0 Å². The molecule has 1 aromatic heterocycles. The van der Waals surface area contributed by atoms with Crippen molar-refractivity contribution in [3.8, 4) is 0 Å². The minimum absolute atomic E-state index is 0.503. The van der Waals surface area contributed by atoms with E-state index < -0.39 is 0 Å². The van der Waals surface area contributed by atoms with Gasteiger partial charge in [-0.2, -0.15) is 0 Å². The van der Waals surface area contributed by atoms with Crippen molar-refractivity contribution in [2.75, 3.05) is 13.2 Å². The van der Waals surface area contributed by atoms with Crippen LogP contribution < -0.4 is 5.32 Å². The molecule has 0 unspecified atom stereocenters. The lowest BCUT2D eigenvalue weighted by molar-refractivity contribution is 0.0600. The third kappa shape index (κ3) is 3.82. The fourth-order valence-corrected chi connectivity index (χ4v) is 2.16. The zero-order chi connectivity index (χ0) is 12.1. The van der Waals surface area contributed by atoms with E-state index in [1.54, 1.807) is 0 Å². The highest BCUT2D eigenvalue weighted by molar-refractivity contribution is 5.04. The van der Waals surface area contributed by atoms with E-state index in [-0.39, 0.29) is 0 Å². The van der Waals surface area contributed by atoms with E-state index in [9.17, 15) is 0 Å². The Balaban J connectivity index is 1.56. The van der Waals surface area contributed by atoms with Gasteiger partial charge in [0.25, 0.3) is 0 Å². The largest absolute Gasteiger partial charge is 0.444 e. The molecule has 0 aromatic carbocycles. The van der Waals surface area contributed by atoms with E-state index in [2.05, 4.69) is 10.3 Å². The number of nitrogens with zero attached hydrogens (tertiary/aromatic N) is 1. The molecule has 0 spiro atoms. The highest BCUT2D eigenvalue weighted by atomic mass is 16.5. The van der Waals surface area contributed by atoms with Gasteiger partial charge >= 0.3 is 0 Å². The Hall–Kier alpha value is -0.870. The van der Waals surface area contributed by atoms with Crippen LogP contribution in [0, 0.1) is 13.8 Å². The minimum Gasteiger partial charge on any atom is -0.444 e. The summed E-state index contributed by atoms with van der Waals surface area (Å²) < 4.78 is 11.2. The number of hydrogen-bond acceptors (Lipinski definition) is 4. The van der Waals surface area contributed by atoms with Crippen LogP contribution in [-0.2, 0) is 11.3 Å². The number of ether oxygens (including phenoxy) is 1. The molecule has 1 fully saturated rings. The lowest BCUT2D eigenvalue weighted by atomic mass is 10.3. The molecule has 1 N–H and O–H groups in total. The maximum atomic E-state index is 5.76. The van der Waals surface area contributed by atoms with Crippen LogP contribution in [0.3, 0.4) is 0 Å². The SMILES string of the molecule is Cc1nc(CNCCOC2CCCC2)oc1C. The van der Waals surface area contributed by atoms with E-state index >= 15 is 0 Å². The van der Waals surface area contributed by atoms with Crippen molar-refractivity contribution in [3.63, 3.8) is 0 Å². The van der Waals surface area contributed by atoms with Crippen molar-refractivity contribution in [1.82, 2.24) is 10.3 Å². The molecule has 1 aliphatic carbocycles. The first-order chi connectivity index (χ1) is 8.25. The van der Waals surface area contributed by atoms with Crippen LogP contribution in [0.25, 0.3) is 0 Å². The Labute approximate surface area is 103 Å². The van der Waals surface area contributed by atoms with Gasteiger partial charge in [-0.1, -0.05) is 12.8 Å². The van der Waals surface area contributed by atoms with Crippen molar-refractivity contribution >= 4 is 0 Å². The van der Waals surface area contributed by atoms with Crippen molar-refractivity contribution in [1.29, 1.82) is 0 Å². The zero-order valence-corrected chi connectivity index (χ0v) is 10.8. The summed E-state index contributed by atoms with van der Waals surface area (Å²) in [7, 11) is 0. The van der Waals surface area contributed by atoms with Crippen LogP contribution in [0.2, 0.25) is 0 Å². The average Bonchev–Trinajstić information content (AvgIpc) is 2.90. The van der Waals surface area contributed by atoms with Crippen LogP contribution in [0.5, 0.6) is 0 Å². The predicted molar refractivity (Wildman–Crippen MR) is 65.9 cm³/mol. The van der Waals surface area contributed by atoms with Gasteiger partial charge in [0.2, 0.25) is 5.89 Å². The Morgan fingerprint density at radius 1 is 1.35 bits per heavy atom. The van der Waals surface area contributed by atoms with Gasteiger partial charge in [0.05, 0.1) is 24.9 Å². The predicted octanol–water partition coefficient (Wildman–Crippen LogP) is 2.34. The molecule has 1 heterocycles. The van der Waals surface area contributed by atoms with E-state index in [0.29, 0.717) is 12.6 Å². The smallest absolute Gasteiger partial charge is 0.208 e. The molecule has 0 amide bonds. The summed E-state index contributed by atoms with van der Waals surface area (Å²) in [6, 6.07) is 0. The summed E-state index contributed by atoms with van der Waals surface area (Å²) in [5.41, 5.74) is 0.976. The summed E-state index contributed by atoms with van der Waals surface area (Å²) in [5.74, 6) is 1.67. The van der Waals surface area contributed by atoms with E-state index in [1.165, 1.54) is 25.7 Å². The second-order valence-electron chi connectivity index (χ2n) is 4.70. The molecule has 0 bridgehead atoms. The molecule has 0 aliphatic heterocycles. The maximum absolute atomic E-state index is 5.76. The topological polar surface area (TPSA) is 47.3 Å². The summed E-state index contributed by atoms with van der Waals surface area (Å²) in [6.45, 7) is 6.23. The van der Waals surface area contributed by atoms with Crippen LogP contribution in [0.4, 0.5) is 0 Å². The summed E-state index contributed by atoms with van der Waals surface area (Å²) in [4.78, 5) is 4.32. The molecule has 96 valence electrons. The van der Waals surface area contributed by atoms with Crippen molar-refractivity contribution in [2.24, 2.45) is 0 Å². The second kappa shape index (κ2) is 6.17. The normalized spacial score (nSPS) is 16.8. The highest BCUT2D eigenvalue weighted by Crippen LogP contribution is 2.20. The van der Waals surface area contributed by atoms with E-state index in [4.69, 9.17) is 9.15 Å². The van der Waals surface area contributed by atoms with Gasteiger partial charge in [0.15, 0.2) is 0 Å². The molecule has 1 saturated carbocycles. The number of nitrogens with one attached hydrogen (secondary N) is 1. The minimum atomic E-state index is 0.503. The fourth-order valence-electron chi connectivity index (χ4n) is 2.16. The van der Waals surface area contributed by atoms with Gasteiger partial charge in [0.1, 0.15) is 5.76 Å². The Morgan fingerprint density at radius 2 is 2.12 bits per heavy atom. The number of hydrogen-bond donors (Lipinski definition) is 1. The molecule has 0 saturated heterocycles. The first kappa shape index (κ1) is 12.6. The van der Waals surface area contributed by atoms with Crippen molar-refractivity contribution in [2.45, 2.75) is 52.2 Å². The Kier molecular flexibility index (Phi) is 4.57. The van der Waals surface area contributed by atoms with Crippen molar-refractivity contribution < 1.29 is 9.15 Å². The average molecular weight is 238 g/mol. The molecule has 17 heavy (non-hydrogen) atoms. The summed E-state index contributed by atoms with van der Waals surface area (Å²) in [5, 5.41) is 3.28. The van der Waals surface area contributed by atoms with Crippen LogP contribution in [0.15, 0.2) is 4.42 Å². The standard InChI is InChI=1S/C13H22N2O2/c1-10-11(2)17-13(15-10)9-14-7-8-16-12-5-3-4-6-12/h12,14H,3-9H2,1-2H3. The van der Waals surface area contributed by atoms with Crippen LogP contribution >= 0.6 is 0 Å². The number of rotatable bonds is 6. The fraction of sp³-hybridized carbons (Fsp3) is 0.769. The monoisotopic (exact) mass is 238 g/mol. The van der Waals surface area contributed by atoms with Gasteiger partial charge < -0.3 is 14.5 Å². The number of oxazole rings is 1.